The molecule has 0 spiro atoms. The molecule has 0 atom stereocenters. The number of thiazole rings is 1. The number of nitrogens with zero attached hydrogens (tertiary/aromatic N) is 2. The fraction of sp³-hybridized carbons (Fsp3) is 0.364. The van der Waals surface area contributed by atoms with E-state index in [9.17, 15) is 4.79 Å². The normalized spacial score (nSPS) is 11.7. The number of hydrogen-bond acceptors (Lipinski definition) is 6. The topological polar surface area (TPSA) is 71.3 Å². The first-order valence-electron chi connectivity index (χ1n) is 9.76. The highest BCUT2D eigenvalue weighted by Gasteiger charge is 2.15. The SMILES string of the molecule is CCOCCn1c(=NC(=O)c2cc(OC)ccc2OC)sc2cc(OCC)ccc21. The van der Waals surface area contributed by atoms with Gasteiger partial charge in [-0.3, -0.25) is 4.79 Å². The van der Waals surface area contributed by atoms with Gasteiger partial charge in [-0.25, -0.2) is 0 Å². The summed E-state index contributed by atoms with van der Waals surface area (Å²) in [5.74, 6) is 1.41. The number of carbonyl (C=O) groups is 1. The van der Waals surface area contributed by atoms with E-state index >= 15 is 0 Å². The van der Waals surface area contributed by atoms with Gasteiger partial charge in [-0.15, -0.1) is 0 Å². The maximum absolute atomic E-state index is 13.0. The number of benzene rings is 2. The molecule has 1 aromatic heterocycles. The minimum Gasteiger partial charge on any atom is -0.497 e. The molecule has 0 unspecified atom stereocenters. The van der Waals surface area contributed by atoms with Crippen LogP contribution in [0.4, 0.5) is 0 Å². The maximum Gasteiger partial charge on any atom is 0.283 e. The molecule has 0 N–H and O–H groups in total. The van der Waals surface area contributed by atoms with Crippen LogP contribution < -0.4 is 19.0 Å². The van der Waals surface area contributed by atoms with Crippen LogP contribution in [0, 0.1) is 0 Å². The van der Waals surface area contributed by atoms with E-state index in [1.165, 1.54) is 18.4 Å². The minimum absolute atomic E-state index is 0.348. The number of amides is 1. The first kappa shape index (κ1) is 21.9. The van der Waals surface area contributed by atoms with Gasteiger partial charge in [0.15, 0.2) is 4.80 Å². The lowest BCUT2D eigenvalue weighted by Crippen LogP contribution is -2.20. The summed E-state index contributed by atoms with van der Waals surface area (Å²) in [5.41, 5.74) is 1.33. The van der Waals surface area contributed by atoms with E-state index < -0.39 is 5.91 Å². The predicted molar refractivity (Wildman–Crippen MR) is 117 cm³/mol. The first-order valence-corrected chi connectivity index (χ1v) is 10.6. The molecule has 7 nitrogen and oxygen atoms in total. The Balaban J connectivity index is 2.09. The molecular formula is C22H26N2O5S. The third-order valence-electron chi connectivity index (χ3n) is 4.46. The zero-order chi connectivity index (χ0) is 21.5. The number of carbonyl (C=O) groups excluding carboxylic acids is 1. The van der Waals surface area contributed by atoms with Gasteiger partial charge in [0.25, 0.3) is 5.91 Å². The molecule has 0 bridgehead atoms. The minimum atomic E-state index is -0.396. The van der Waals surface area contributed by atoms with Gasteiger partial charge >= 0.3 is 0 Å². The Kier molecular flexibility index (Phi) is 7.48. The third-order valence-corrected chi connectivity index (χ3v) is 5.50. The summed E-state index contributed by atoms with van der Waals surface area (Å²) in [6.07, 6.45) is 0. The molecule has 0 fully saturated rings. The zero-order valence-electron chi connectivity index (χ0n) is 17.6. The van der Waals surface area contributed by atoms with Gasteiger partial charge < -0.3 is 23.5 Å². The van der Waals surface area contributed by atoms with Crippen LogP contribution in [0.3, 0.4) is 0 Å². The Hall–Kier alpha value is -2.84. The Morgan fingerprint density at radius 1 is 1.03 bits per heavy atom. The second-order valence-electron chi connectivity index (χ2n) is 6.28. The number of hydrogen-bond donors (Lipinski definition) is 0. The van der Waals surface area contributed by atoms with E-state index in [-0.39, 0.29) is 0 Å². The van der Waals surface area contributed by atoms with Gasteiger partial charge in [0.2, 0.25) is 0 Å². The van der Waals surface area contributed by atoms with E-state index in [2.05, 4.69) is 4.99 Å². The summed E-state index contributed by atoms with van der Waals surface area (Å²) in [5, 5.41) is 0. The van der Waals surface area contributed by atoms with Crippen molar-refractivity contribution < 1.29 is 23.7 Å². The van der Waals surface area contributed by atoms with Crippen LogP contribution in [0.5, 0.6) is 17.2 Å². The second-order valence-corrected chi connectivity index (χ2v) is 7.29. The predicted octanol–water partition coefficient (Wildman–Crippen LogP) is 3.90. The van der Waals surface area contributed by atoms with Crippen LogP contribution in [0.2, 0.25) is 0 Å². The molecule has 0 saturated carbocycles. The van der Waals surface area contributed by atoms with Crippen molar-refractivity contribution in [3.63, 3.8) is 0 Å². The van der Waals surface area contributed by atoms with Gasteiger partial charge in [0, 0.05) is 13.2 Å². The molecule has 160 valence electrons. The Bertz CT molecular complexity index is 1090. The van der Waals surface area contributed by atoms with Crippen LogP contribution >= 0.6 is 11.3 Å². The maximum atomic E-state index is 13.0. The molecule has 1 heterocycles. The van der Waals surface area contributed by atoms with Crippen molar-refractivity contribution in [2.24, 2.45) is 4.99 Å². The van der Waals surface area contributed by atoms with Gasteiger partial charge in [-0.2, -0.15) is 4.99 Å². The monoisotopic (exact) mass is 430 g/mol. The second kappa shape index (κ2) is 10.3. The summed E-state index contributed by atoms with van der Waals surface area (Å²) >= 11 is 1.44. The standard InChI is InChI=1S/C22H26N2O5S/c1-5-28-12-11-24-18-9-7-16(29-6-2)14-20(18)30-22(24)23-21(25)17-13-15(26-3)8-10-19(17)27-4/h7-10,13-14H,5-6,11-12H2,1-4H3. The average Bonchev–Trinajstić information content (AvgIpc) is 3.09. The molecule has 0 aliphatic carbocycles. The molecule has 3 aromatic rings. The highest BCUT2D eigenvalue weighted by molar-refractivity contribution is 7.16. The molecule has 0 radical (unpaired) electrons. The largest absolute Gasteiger partial charge is 0.497 e. The smallest absolute Gasteiger partial charge is 0.283 e. The molecule has 0 aliphatic heterocycles. The molecule has 2 aromatic carbocycles. The van der Waals surface area contributed by atoms with E-state index in [4.69, 9.17) is 18.9 Å². The van der Waals surface area contributed by atoms with Crippen molar-refractivity contribution in [3.05, 3.63) is 46.8 Å². The fourth-order valence-electron chi connectivity index (χ4n) is 3.04. The number of ether oxygens (including phenoxy) is 4. The van der Waals surface area contributed by atoms with Gasteiger partial charge in [0.05, 0.1) is 43.2 Å². The van der Waals surface area contributed by atoms with E-state index in [1.54, 1.807) is 25.3 Å². The van der Waals surface area contributed by atoms with Crippen LogP contribution in [-0.4, -0.2) is 44.5 Å². The Morgan fingerprint density at radius 3 is 2.53 bits per heavy atom. The quantitative estimate of drug-likeness (QED) is 0.482. The summed E-state index contributed by atoms with van der Waals surface area (Å²) in [4.78, 5) is 18.0. The number of rotatable bonds is 9. The molecule has 1 amide bonds. The van der Waals surface area contributed by atoms with Crippen molar-refractivity contribution in [1.82, 2.24) is 4.57 Å². The molecule has 8 heteroatoms. The van der Waals surface area contributed by atoms with Gasteiger partial charge in [-0.1, -0.05) is 11.3 Å². The van der Waals surface area contributed by atoms with E-state index in [0.717, 1.165) is 16.0 Å². The lowest BCUT2D eigenvalue weighted by Gasteiger charge is -2.08. The Morgan fingerprint density at radius 2 is 1.83 bits per heavy atom. The van der Waals surface area contributed by atoms with Crippen molar-refractivity contribution in [1.29, 1.82) is 0 Å². The first-order chi connectivity index (χ1) is 14.6. The number of methoxy groups -OCH3 is 2. The van der Waals surface area contributed by atoms with Gasteiger partial charge in [0.1, 0.15) is 17.2 Å². The van der Waals surface area contributed by atoms with Crippen LogP contribution in [0.15, 0.2) is 41.4 Å². The van der Waals surface area contributed by atoms with E-state index in [1.807, 2.05) is 36.6 Å². The van der Waals surface area contributed by atoms with Crippen molar-refractivity contribution in [2.45, 2.75) is 20.4 Å². The molecule has 3 rings (SSSR count). The van der Waals surface area contributed by atoms with E-state index in [0.29, 0.717) is 48.2 Å². The summed E-state index contributed by atoms with van der Waals surface area (Å²) in [6.45, 7) is 6.23. The number of aromatic nitrogens is 1. The van der Waals surface area contributed by atoms with Crippen LogP contribution in [-0.2, 0) is 11.3 Å². The lowest BCUT2D eigenvalue weighted by atomic mass is 10.2. The average molecular weight is 431 g/mol. The van der Waals surface area contributed by atoms with Crippen molar-refractivity contribution in [3.8, 4) is 17.2 Å². The van der Waals surface area contributed by atoms with Gasteiger partial charge in [-0.05, 0) is 50.2 Å². The summed E-state index contributed by atoms with van der Waals surface area (Å²) in [6, 6.07) is 11.0. The fourth-order valence-corrected chi connectivity index (χ4v) is 4.12. The van der Waals surface area contributed by atoms with Crippen molar-refractivity contribution >= 4 is 27.5 Å². The highest BCUT2D eigenvalue weighted by Crippen LogP contribution is 2.26. The highest BCUT2D eigenvalue weighted by atomic mass is 32.1. The molecule has 30 heavy (non-hydrogen) atoms. The molecular weight excluding hydrogens is 404 g/mol. The lowest BCUT2D eigenvalue weighted by molar-refractivity contribution is 0.0993. The third kappa shape index (κ3) is 4.83. The zero-order valence-corrected chi connectivity index (χ0v) is 18.5. The van der Waals surface area contributed by atoms with Crippen LogP contribution in [0.1, 0.15) is 24.2 Å². The van der Waals surface area contributed by atoms with Crippen LogP contribution in [0.25, 0.3) is 10.2 Å². The van der Waals surface area contributed by atoms with Crippen molar-refractivity contribution in [2.75, 3.05) is 34.0 Å². The summed E-state index contributed by atoms with van der Waals surface area (Å²) in [7, 11) is 3.08. The number of fused-ring (bicyclic) bond motifs is 1. The Labute approximate surface area is 179 Å². The molecule has 0 saturated heterocycles. The molecule has 0 aliphatic rings. The summed E-state index contributed by atoms with van der Waals surface area (Å²) < 4.78 is 24.7.